The van der Waals surface area contributed by atoms with Crippen LogP contribution in [-0.2, 0) is 6.18 Å². The molecule has 1 heterocycles. The average molecular weight is 333 g/mol. The smallest absolute Gasteiger partial charge is 0.403 e. The van der Waals surface area contributed by atoms with Gasteiger partial charge in [-0.05, 0) is 36.4 Å². The number of benzene rings is 2. The van der Waals surface area contributed by atoms with Gasteiger partial charge in [0.05, 0.1) is 5.56 Å². The highest BCUT2D eigenvalue weighted by Crippen LogP contribution is 2.29. The van der Waals surface area contributed by atoms with Crippen molar-refractivity contribution >= 4 is 11.9 Å². The standard InChI is InChI=1S/C16H10F3N3O2/c17-16(18,19)12-8-6-10(7-9-12)13(23)20-15-22-21-14(24-15)11-4-2-1-3-5-11/h1-9H,(H,20,22,23). The Morgan fingerprint density at radius 1 is 0.958 bits per heavy atom. The third kappa shape index (κ3) is 3.43. The van der Waals surface area contributed by atoms with E-state index in [0.29, 0.717) is 5.56 Å². The van der Waals surface area contributed by atoms with E-state index >= 15 is 0 Å². The maximum absolute atomic E-state index is 12.5. The number of aromatic nitrogens is 2. The SMILES string of the molecule is O=C(Nc1nnc(-c2ccccc2)o1)c1ccc(C(F)(F)F)cc1. The molecule has 0 spiro atoms. The number of hydrogen-bond donors (Lipinski definition) is 1. The lowest BCUT2D eigenvalue weighted by atomic mass is 10.1. The summed E-state index contributed by atoms with van der Waals surface area (Å²) in [4.78, 5) is 12.0. The van der Waals surface area contributed by atoms with Crippen molar-refractivity contribution in [1.29, 1.82) is 0 Å². The summed E-state index contributed by atoms with van der Waals surface area (Å²) in [5.41, 5.74) is -0.106. The predicted octanol–water partition coefficient (Wildman–Crippen LogP) is 4.01. The van der Waals surface area contributed by atoms with Crippen LogP contribution >= 0.6 is 0 Å². The van der Waals surface area contributed by atoms with E-state index in [1.165, 1.54) is 0 Å². The number of hydrogen-bond acceptors (Lipinski definition) is 4. The molecule has 122 valence electrons. The summed E-state index contributed by atoms with van der Waals surface area (Å²) in [6.07, 6.45) is -4.45. The van der Waals surface area contributed by atoms with Crippen LogP contribution in [0, 0.1) is 0 Å². The Bertz CT molecular complexity index is 843. The molecule has 3 rings (SSSR count). The van der Waals surface area contributed by atoms with Gasteiger partial charge in [-0.15, -0.1) is 5.10 Å². The van der Waals surface area contributed by atoms with Gasteiger partial charge in [-0.2, -0.15) is 13.2 Å². The van der Waals surface area contributed by atoms with Crippen molar-refractivity contribution in [1.82, 2.24) is 10.2 Å². The molecule has 8 heteroatoms. The fourth-order valence-corrected chi connectivity index (χ4v) is 1.95. The molecular formula is C16H10F3N3O2. The molecule has 24 heavy (non-hydrogen) atoms. The van der Waals surface area contributed by atoms with Gasteiger partial charge in [-0.3, -0.25) is 10.1 Å². The van der Waals surface area contributed by atoms with Crippen LogP contribution in [0.4, 0.5) is 19.2 Å². The van der Waals surface area contributed by atoms with E-state index in [9.17, 15) is 18.0 Å². The molecule has 0 aliphatic carbocycles. The van der Waals surface area contributed by atoms with E-state index in [1.54, 1.807) is 24.3 Å². The minimum atomic E-state index is -4.45. The van der Waals surface area contributed by atoms with Crippen molar-refractivity contribution < 1.29 is 22.4 Å². The fraction of sp³-hybridized carbons (Fsp3) is 0.0625. The molecule has 0 radical (unpaired) electrons. The molecule has 3 aromatic rings. The Balaban J connectivity index is 1.72. The molecule has 0 aliphatic heterocycles. The Morgan fingerprint density at radius 3 is 2.25 bits per heavy atom. The van der Waals surface area contributed by atoms with Gasteiger partial charge in [0.25, 0.3) is 5.91 Å². The van der Waals surface area contributed by atoms with Crippen LogP contribution in [0.2, 0.25) is 0 Å². The molecule has 0 aliphatic rings. The van der Waals surface area contributed by atoms with E-state index in [-0.39, 0.29) is 17.5 Å². The number of anilines is 1. The van der Waals surface area contributed by atoms with Crippen LogP contribution < -0.4 is 5.32 Å². The molecule has 0 unspecified atom stereocenters. The summed E-state index contributed by atoms with van der Waals surface area (Å²) in [5, 5.41) is 9.83. The van der Waals surface area contributed by atoms with Crippen LogP contribution in [0.1, 0.15) is 15.9 Å². The molecule has 5 nitrogen and oxygen atoms in total. The van der Waals surface area contributed by atoms with Gasteiger partial charge in [-0.1, -0.05) is 23.3 Å². The number of rotatable bonds is 3. The molecule has 0 fully saturated rings. The lowest BCUT2D eigenvalue weighted by Gasteiger charge is -2.07. The number of alkyl halides is 3. The van der Waals surface area contributed by atoms with E-state index in [4.69, 9.17) is 4.42 Å². The molecule has 1 amide bonds. The van der Waals surface area contributed by atoms with Gasteiger partial charge in [0.2, 0.25) is 5.89 Å². The second-order valence-electron chi connectivity index (χ2n) is 4.81. The third-order valence-corrected chi connectivity index (χ3v) is 3.14. The summed E-state index contributed by atoms with van der Waals surface area (Å²) >= 11 is 0. The summed E-state index contributed by atoms with van der Waals surface area (Å²) in [7, 11) is 0. The van der Waals surface area contributed by atoms with Gasteiger partial charge in [0.1, 0.15) is 0 Å². The molecule has 2 aromatic carbocycles. The van der Waals surface area contributed by atoms with Crippen LogP contribution in [0.25, 0.3) is 11.5 Å². The van der Waals surface area contributed by atoms with Crippen molar-refractivity contribution in [2.45, 2.75) is 6.18 Å². The quantitative estimate of drug-likeness (QED) is 0.786. The van der Waals surface area contributed by atoms with Crippen molar-refractivity contribution in [2.24, 2.45) is 0 Å². The van der Waals surface area contributed by atoms with Crippen LogP contribution in [0.3, 0.4) is 0 Å². The Morgan fingerprint density at radius 2 is 1.62 bits per heavy atom. The van der Waals surface area contributed by atoms with E-state index in [2.05, 4.69) is 15.5 Å². The topological polar surface area (TPSA) is 68.0 Å². The zero-order valence-corrected chi connectivity index (χ0v) is 12.0. The summed E-state index contributed by atoms with van der Waals surface area (Å²) in [6, 6.07) is 12.6. The predicted molar refractivity (Wildman–Crippen MR) is 79.1 cm³/mol. The van der Waals surface area contributed by atoms with Gasteiger partial charge in [0.15, 0.2) is 0 Å². The zero-order valence-electron chi connectivity index (χ0n) is 12.0. The first kappa shape index (κ1) is 15.7. The van der Waals surface area contributed by atoms with Gasteiger partial charge >= 0.3 is 12.2 Å². The van der Waals surface area contributed by atoms with Crippen molar-refractivity contribution in [3.8, 4) is 11.5 Å². The lowest BCUT2D eigenvalue weighted by Crippen LogP contribution is -2.13. The van der Waals surface area contributed by atoms with Crippen molar-refractivity contribution in [3.05, 3.63) is 65.7 Å². The minimum absolute atomic E-state index is 0.0439. The Labute approximate surface area is 134 Å². The number of carbonyl (C=O) groups excluding carboxylic acids is 1. The summed E-state index contributed by atoms with van der Waals surface area (Å²) in [6.45, 7) is 0. The van der Waals surface area contributed by atoms with Crippen molar-refractivity contribution in [3.63, 3.8) is 0 Å². The summed E-state index contributed by atoms with van der Waals surface area (Å²) in [5.74, 6) is -0.426. The zero-order chi connectivity index (χ0) is 17.2. The van der Waals surface area contributed by atoms with Gasteiger partial charge < -0.3 is 4.42 Å². The molecule has 0 saturated heterocycles. The highest BCUT2D eigenvalue weighted by Gasteiger charge is 2.30. The van der Waals surface area contributed by atoms with Crippen molar-refractivity contribution in [2.75, 3.05) is 5.32 Å². The maximum atomic E-state index is 12.5. The maximum Gasteiger partial charge on any atom is 0.416 e. The normalized spacial score (nSPS) is 11.3. The highest BCUT2D eigenvalue weighted by molar-refractivity contribution is 6.03. The van der Waals surface area contributed by atoms with E-state index in [1.807, 2.05) is 6.07 Å². The highest BCUT2D eigenvalue weighted by atomic mass is 19.4. The monoisotopic (exact) mass is 333 g/mol. The lowest BCUT2D eigenvalue weighted by molar-refractivity contribution is -0.137. The Kier molecular flexibility index (Phi) is 4.03. The second-order valence-corrected chi connectivity index (χ2v) is 4.81. The number of carbonyl (C=O) groups is 1. The number of nitrogens with one attached hydrogen (secondary N) is 1. The number of nitrogens with zero attached hydrogens (tertiary/aromatic N) is 2. The fourth-order valence-electron chi connectivity index (χ4n) is 1.95. The summed E-state index contributed by atoms with van der Waals surface area (Å²) < 4.78 is 42.8. The van der Waals surface area contributed by atoms with Crippen LogP contribution in [-0.4, -0.2) is 16.1 Å². The van der Waals surface area contributed by atoms with Gasteiger partial charge in [0, 0.05) is 11.1 Å². The van der Waals surface area contributed by atoms with E-state index in [0.717, 1.165) is 24.3 Å². The van der Waals surface area contributed by atoms with Gasteiger partial charge in [-0.25, -0.2) is 0 Å². The molecule has 0 saturated carbocycles. The minimum Gasteiger partial charge on any atom is -0.403 e. The second kappa shape index (κ2) is 6.15. The molecule has 0 atom stereocenters. The molecule has 0 bridgehead atoms. The average Bonchev–Trinajstić information content (AvgIpc) is 3.03. The first-order valence-electron chi connectivity index (χ1n) is 6.81. The van der Waals surface area contributed by atoms with Crippen LogP contribution in [0.5, 0.6) is 0 Å². The molecule has 1 aromatic heterocycles. The first-order chi connectivity index (χ1) is 11.4. The first-order valence-corrected chi connectivity index (χ1v) is 6.81. The van der Waals surface area contributed by atoms with Crippen LogP contribution in [0.15, 0.2) is 59.0 Å². The van der Waals surface area contributed by atoms with E-state index < -0.39 is 17.6 Å². The number of amides is 1. The molecular weight excluding hydrogens is 323 g/mol. The third-order valence-electron chi connectivity index (χ3n) is 3.14. The Hall–Kier alpha value is -3.16. The molecule has 1 N–H and O–H groups in total. The largest absolute Gasteiger partial charge is 0.416 e. The number of halogens is 3.